The molecule has 1 saturated heterocycles. The van der Waals surface area contributed by atoms with Crippen LogP contribution in [0.15, 0.2) is 23.3 Å². The SMILES string of the molecule is C[C@@H]1CC(=O)NN=C1c1ccc(N2CCOCC2)c([N+](=O)[O-])c1. The molecule has 2 aliphatic heterocycles. The molecule has 1 N–H and O–H groups in total. The first-order chi connectivity index (χ1) is 11.1. The summed E-state index contributed by atoms with van der Waals surface area (Å²) in [5.74, 6) is -0.210. The van der Waals surface area contributed by atoms with Crippen molar-refractivity contribution in [2.75, 3.05) is 31.2 Å². The zero-order chi connectivity index (χ0) is 16.4. The van der Waals surface area contributed by atoms with Crippen molar-refractivity contribution in [2.24, 2.45) is 11.0 Å². The van der Waals surface area contributed by atoms with Crippen molar-refractivity contribution in [2.45, 2.75) is 13.3 Å². The van der Waals surface area contributed by atoms with Crippen LogP contribution in [-0.2, 0) is 9.53 Å². The highest BCUT2D eigenvalue weighted by atomic mass is 16.6. The number of morpholine rings is 1. The summed E-state index contributed by atoms with van der Waals surface area (Å²) in [7, 11) is 0. The van der Waals surface area contributed by atoms with E-state index in [1.54, 1.807) is 6.07 Å². The number of nitro benzene ring substituents is 1. The van der Waals surface area contributed by atoms with Gasteiger partial charge in [-0.15, -0.1) is 0 Å². The van der Waals surface area contributed by atoms with Gasteiger partial charge in [0.05, 0.1) is 23.8 Å². The molecule has 1 atom stereocenters. The molecule has 2 heterocycles. The lowest BCUT2D eigenvalue weighted by Gasteiger charge is -2.28. The number of amides is 1. The summed E-state index contributed by atoms with van der Waals surface area (Å²) in [6.07, 6.45) is 0.331. The van der Waals surface area contributed by atoms with Crippen LogP contribution in [0, 0.1) is 16.0 Å². The Morgan fingerprint density at radius 3 is 2.78 bits per heavy atom. The fraction of sp³-hybridized carbons (Fsp3) is 0.467. The van der Waals surface area contributed by atoms with Crippen molar-refractivity contribution in [3.05, 3.63) is 33.9 Å². The number of hydrazone groups is 1. The fourth-order valence-electron chi connectivity index (χ4n) is 2.90. The van der Waals surface area contributed by atoms with Gasteiger partial charge in [0.2, 0.25) is 5.91 Å². The molecule has 122 valence electrons. The first-order valence-electron chi connectivity index (χ1n) is 7.54. The predicted octanol–water partition coefficient (Wildman–Crippen LogP) is 1.29. The van der Waals surface area contributed by atoms with Gasteiger partial charge in [0, 0.05) is 37.1 Å². The molecule has 1 aromatic rings. The monoisotopic (exact) mass is 318 g/mol. The van der Waals surface area contributed by atoms with E-state index in [-0.39, 0.29) is 22.4 Å². The van der Waals surface area contributed by atoms with Gasteiger partial charge >= 0.3 is 0 Å². The molecule has 1 amide bonds. The van der Waals surface area contributed by atoms with E-state index in [1.807, 2.05) is 17.9 Å². The number of rotatable bonds is 3. The summed E-state index contributed by atoms with van der Waals surface area (Å²) >= 11 is 0. The first kappa shape index (κ1) is 15.4. The van der Waals surface area contributed by atoms with Gasteiger partial charge in [-0.25, -0.2) is 5.43 Å². The molecule has 2 aliphatic rings. The second-order valence-corrected chi connectivity index (χ2v) is 5.70. The van der Waals surface area contributed by atoms with E-state index in [0.717, 1.165) is 0 Å². The number of nitrogens with one attached hydrogen (secondary N) is 1. The Kier molecular flexibility index (Phi) is 4.24. The third-order valence-corrected chi connectivity index (χ3v) is 4.08. The molecule has 0 spiro atoms. The van der Waals surface area contributed by atoms with Gasteiger partial charge in [-0.1, -0.05) is 13.0 Å². The van der Waals surface area contributed by atoms with Gasteiger partial charge in [0.1, 0.15) is 5.69 Å². The van der Waals surface area contributed by atoms with E-state index in [1.165, 1.54) is 6.07 Å². The van der Waals surface area contributed by atoms with Crippen LogP contribution in [0.1, 0.15) is 18.9 Å². The molecule has 23 heavy (non-hydrogen) atoms. The molecule has 8 nitrogen and oxygen atoms in total. The third kappa shape index (κ3) is 3.16. The van der Waals surface area contributed by atoms with Crippen molar-refractivity contribution in [3.8, 4) is 0 Å². The maximum Gasteiger partial charge on any atom is 0.293 e. The summed E-state index contributed by atoms with van der Waals surface area (Å²) in [6.45, 7) is 4.28. The second kappa shape index (κ2) is 6.33. The molecular weight excluding hydrogens is 300 g/mol. The van der Waals surface area contributed by atoms with Crippen LogP contribution in [0.3, 0.4) is 0 Å². The number of ether oxygens (including phenoxy) is 1. The number of benzene rings is 1. The largest absolute Gasteiger partial charge is 0.378 e. The van der Waals surface area contributed by atoms with Crippen LogP contribution in [-0.4, -0.2) is 42.8 Å². The molecule has 1 fully saturated rings. The zero-order valence-electron chi connectivity index (χ0n) is 12.8. The third-order valence-electron chi connectivity index (χ3n) is 4.08. The lowest BCUT2D eigenvalue weighted by atomic mass is 9.93. The average Bonchev–Trinajstić information content (AvgIpc) is 2.55. The lowest BCUT2D eigenvalue weighted by Crippen LogP contribution is -2.36. The molecule has 0 aromatic heterocycles. The van der Waals surface area contributed by atoms with Crippen LogP contribution in [0.5, 0.6) is 0 Å². The zero-order valence-corrected chi connectivity index (χ0v) is 12.8. The van der Waals surface area contributed by atoms with E-state index < -0.39 is 0 Å². The van der Waals surface area contributed by atoms with Crippen molar-refractivity contribution in [3.63, 3.8) is 0 Å². The van der Waals surface area contributed by atoms with Gasteiger partial charge < -0.3 is 9.64 Å². The van der Waals surface area contributed by atoms with Crippen LogP contribution >= 0.6 is 0 Å². The minimum atomic E-state index is -0.374. The van der Waals surface area contributed by atoms with Crippen molar-refractivity contribution in [1.82, 2.24) is 5.43 Å². The Labute approximate surface area is 133 Å². The molecule has 3 rings (SSSR count). The van der Waals surface area contributed by atoms with E-state index in [9.17, 15) is 14.9 Å². The normalized spacial score (nSPS) is 21.6. The smallest absolute Gasteiger partial charge is 0.293 e. The van der Waals surface area contributed by atoms with Crippen LogP contribution in [0.4, 0.5) is 11.4 Å². The topological polar surface area (TPSA) is 97.1 Å². The quantitative estimate of drug-likeness (QED) is 0.669. The summed E-state index contributed by atoms with van der Waals surface area (Å²) in [5.41, 5.74) is 4.42. The first-order valence-corrected chi connectivity index (χ1v) is 7.54. The van der Waals surface area contributed by atoms with Crippen molar-refractivity contribution >= 4 is 23.0 Å². The van der Waals surface area contributed by atoms with Crippen LogP contribution < -0.4 is 10.3 Å². The molecule has 0 radical (unpaired) electrons. The summed E-state index contributed by atoms with van der Waals surface area (Å²) in [6, 6.07) is 5.12. The van der Waals surface area contributed by atoms with Gasteiger partial charge in [0.25, 0.3) is 5.69 Å². The number of hydrogen-bond acceptors (Lipinski definition) is 6. The molecule has 0 aliphatic carbocycles. The molecule has 8 heteroatoms. The van der Waals surface area contributed by atoms with E-state index in [2.05, 4.69) is 10.5 Å². The van der Waals surface area contributed by atoms with Gasteiger partial charge in [-0.05, 0) is 6.07 Å². The number of hydrogen-bond donors (Lipinski definition) is 1. The standard InChI is InChI=1S/C15H18N4O4/c1-10-8-14(20)16-17-15(10)11-2-3-12(13(9-11)19(21)22)18-4-6-23-7-5-18/h2-3,9-10H,4-8H2,1H3,(H,16,20)/t10-/m1/s1. The summed E-state index contributed by atoms with van der Waals surface area (Å²) in [5, 5.41) is 15.5. The minimum absolute atomic E-state index is 0.0520. The Balaban J connectivity index is 1.96. The number of carbonyl (C=O) groups excluding carboxylic acids is 1. The molecule has 0 bridgehead atoms. The average molecular weight is 318 g/mol. The summed E-state index contributed by atoms with van der Waals surface area (Å²) in [4.78, 5) is 24.4. The van der Waals surface area contributed by atoms with Crippen molar-refractivity contribution in [1.29, 1.82) is 0 Å². The lowest BCUT2D eigenvalue weighted by molar-refractivity contribution is -0.384. The van der Waals surface area contributed by atoms with Gasteiger partial charge in [-0.3, -0.25) is 14.9 Å². The Morgan fingerprint density at radius 1 is 1.39 bits per heavy atom. The maximum atomic E-state index is 11.5. The van der Waals surface area contributed by atoms with E-state index in [0.29, 0.717) is 49.7 Å². The number of anilines is 1. The predicted molar refractivity (Wildman–Crippen MR) is 84.6 cm³/mol. The molecule has 0 unspecified atom stereocenters. The highest BCUT2D eigenvalue weighted by Crippen LogP contribution is 2.31. The maximum absolute atomic E-state index is 11.5. The molecular formula is C15H18N4O4. The molecule has 0 saturated carbocycles. The van der Waals surface area contributed by atoms with Crippen molar-refractivity contribution < 1.29 is 14.5 Å². The number of nitrogens with zero attached hydrogens (tertiary/aromatic N) is 3. The van der Waals surface area contributed by atoms with Crippen LogP contribution in [0.2, 0.25) is 0 Å². The number of carbonyl (C=O) groups is 1. The van der Waals surface area contributed by atoms with Crippen LogP contribution in [0.25, 0.3) is 0 Å². The van der Waals surface area contributed by atoms with E-state index in [4.69, 9.17) is 4.74 Å². The second-order valence-electron chi connectivity index (χ2n) is 5.70. The molecule has 1 aromatic carbocycles. The minimum Gasteiger partial charge on any atom is -0.378 e. The Morgan fingerprint density at radius 2 is 2.13 bits per heavy atom. The highest BCUT2D eigenvalue weighted by Gasteiger charge is 2.26. The highest BCUT2D eigenvalue weighted by molar-refractivity contribution is 6.06. The Hall–Kier alpha value is -2.48. The Bertz CT molecular complexity index is 667. The van der Waals surface area contributed by atoms with E-state index >= 15 is 0 Å². The van der Waals surface area contributed by atoms with Gasteiger partial charge in [-0.2, -0.15) is 5.10 Å². The summed E-state index contributed by atoms with van der Waals surface area (Å²) < 4.78 is 5.29. The number of nitro groups is 1. The van der Waals surface area contributed by atoms with Gasteiger partial charge in [0.15, 0.2) is 0 Å². The fourth-order valence-corrected chi connectivity index (χ4v) is 2.90.